The molecule has 0 bridgehead atoms. The molecule has 3 aliphatic heterocycles. The zero-order chi connectivity index (χ0) is 19.2. The number of likely N-dealkylation sites (tertiary alicyclic amines) is 1. The molecule has 4 amide bonds. The first-order chi connectivity index (χ1) is 12.9. The molecule has 1 aromatic carbocycles. The Balaban J connectivity index is 1.54. The van der Waals surface area contributed by atoms with Crippen molar-refractivity contribution in [2.24, 2.45) is 0 Å². The van der Waals surface area contributed by atoms with Crippen LogP contribution in [0.15, 0.2) is 18.2 Å². The third-order valence-corrected chi connectivity index (χ3v) is 5.64. The van der Waals surface area contributed by atoms with Crippen molar-refractivity contribution in [1.29, 1.82) is 0 Å². The first-order valence-electron chi connectivity index (χ1n) is 9.24. The van der Waals surface area contributed by atoms with E-state index in [1.165, 1.54) is 0 Å². The number of urea groups is 1. The van der Waals surface area contributed by atoms with E-state index >= 15 is 0 Å². The van der Waals surface area contributed by atoms with E-state index < -0.39 is 17.5 Å². The topological polar surface area (TPSA) is 88.2 Å². The number of fused-ring (bicyclic) bond motifs is 1. The summed E-state index contributed by atoms with van der Waals surface area (Å²) in [6, 6.07) is 4.71. The minimum absolute atomic E-state index is 0.129. The normalized spacial score (nSPS) is 27.1. The summed E-state index contributed by atoms with van der Waals surface area (Å²) >= 11 is 0. The summed E-state index contributed by atoms with van der Waals surface area (Å²) in [5, 5.41) is 2.73. The van der Waals surface area contributed by atoms with Crippen LogP contribution in [0, 0.1) is 0 Å². The standard InChI is InChI=1S/C19H23N3O5/c1-12-5-3-4-8-21(12)16(23)10-22-17(24)19(2,20-18(22)25)13-6-7-14-15(9-13)27-11-26-14/h6-7,9,12H,3-5,8,10-11H2,1-2H3,(H,20,25)/t12-,19+/m0/s1. The number of nitrogens with one attached hydrogen (secondary N) is 1. The Morgan fingerprint density at radius 1 is 1.26 bits per heavy atom. The lowest BCUT2D eigenvalue weighted by Crippen LogP contribution is -2.48. The quantitative estimate of drug-likeness (QED) is 0.813. The fraction of sp³-hybridized carbons (Fsp3) is 0.526. The predicted octanol–water partition coefficient (Wildman–Crippen LogP) is 1.58. The number of amides is 4. The van der Waals surface area contributed by atoms with Gasteiger partial charge < -0.3 is 19.7 Å². The van der Waals surface area contributed by atoms with Crippen molar-refractivity contribution in [2.75, 3.05) is 19.9 Å². The average molecular weight is 373 g/mol. The molecule has 0 aliphatic carbocycles. The van der Waals surface area contributed by atoms with Gasteiger partial charge in [0.1, 0.15) is 12.1 Å². The number of hydrogen-bond acceptors (Lipinski definition) is 5. The maximum atomic E-state index is 13.0. The highest BCUT2D eigenvalue weighted by Gasteiger charge is 2.50. The van der Waals surface area contributed by atoms with Crippen LogP contribution >= 0.6 is 0 Å². The molecule has 2 atom stereocenters. The average Bonchev–Trinajstić information content (AvgIpc) is 3.20. The van der Waals surface area contributed by atoms with Crippen LogP contribution in [0.1, 0.15) is 38.7 Å². The lowest BCUT2D eigenvalue weighted by atomic mass is 9.91. The van der Waals surface area contributed by atoms with Crippen molar-refractivity contribution in [3.63, 3.8) is 0 Å². The van der Waals surface area contributed by atoms with Gasteiger partial charge in [-0.25, -0.2) is 4.79 Å². The molecule has 0 aromatic heterocycles. The van der Waals surface area contributed by atoms with E-state index in [-0.39, 0.29) is 25.3 Å². The second-order valence-corrected chi connectivity index (χ2v) is 7.45. The molecule has 2 saturated heterocycles. The second-order valence-electron chi connectivity index (χ2n) is 7.45. The Morgan fingerprint density at radius 2 is 2.04 bits per heavy atom. The number of rotatable bonds is 3. The van der Waals surface area contributed by atoms with Gasteiger partial charge in [-0.15, -0.1) is 0 Å². The van der Waals surface area contributed by atoms with Crippen molar-refractivity contribution < 1.29 is 23.9 Å². The Labute approximate surface area is 157 Å². The fourth-order valence-electron chi connectivity index (χ4n) is 3.94. The Morgan fingerprint density at radius 3 is 2.81 bits per heavy atom. The highest BCUT2D eigenvalue weighted by molar-refractivity contribution is 6.09. The summed E-state index contributed by atoms with van der Waals surface area (Å²) < 4.78 is 10.7. The molecule has 8 heteroatoms. The molecule has 2 fully saturated rings. The van der Waals surface area contributed by atoms with Gasteiger partial charge in [-0.1, -0.05) is 6.07 Å². The number of piperidine rings is 1. The summed E-state index contributed by atoms with van der Waals surface area (Å²) in [5.74, 6) is 0.502. The van der Waals surface area contributed by atoms with Gasteiger partial charge >= 0.3 is 6.03 Å². The van der Waals surface area contributed by atoms with E-state index in [2.05, 4.69) is 5.32 Å². The minimum atomic E-state index is -1.24. The number of nitrogens with zero attached hydrogens (tertiary/aromatic N) is 2. The van der Waals surface area contributed by atoms with Crippen LogP contribution in [-0.2, 0) is 15.1 Å². The largest absolute Gasteiger partial charge is 0.454 e. The molecule has 0 radical (unpaired) electrons. The summed E-state index contributed by atoms with van der Waals surface area (Å²) in [7, 11) is 0. The predicted molar refractivity (Wildman–Crippen MR) is 95.2 cm³/mol. The van der Waals surface area contributed by atoms with E-state index in [0.717, 1.165) is 24.2 Å². The van der Waals surface area contributed by atoms with Gasteiger partial charge in [0.15, 0.2) is 11.5 Å². The van der Waals surface area contributed by atoms with Crippen LogP contribution in [-0.4, -0.2) is 53.6 Å². The van der Waals surface area contributed by atoms with Gasteiger partial charge in [0, 0.05) is 12.6 Å². The lowest BCUT2D eigenvalue weighted by molar-refractivity contribution is -0.140. The Kier molecular flexibility index (Phi) is 4.20. The van der Waals surface area contributed by atoms with E-state index in [0.29, 0.717) is 23.6 Å². The van der Waals surface area contributed by atoms with Crippen molar-refractivity contribution in [3.8, 4) is 11.5 Å². The Bertz CT molecular complexity index is 811. The second kappa shape index (κ2) is 6.44. The summed E-state index contributed by atoms with van der Waals surface area (Å²) in [6.45, 7) is 4.20. The maximum Gasteiger partial charge on any atom is 0.325 e. The van der Waals surface area contributed by atoms with Crippen LogP contribution in [0.25, 0.3) is 0 Å². The van der Waals surface area contributed by atoms with Crippen LogP contribution < -0.4 is 14.8 Å². The monoisotopic (exact) mass is 373 g/mol. The number of hydrogen-bond donors (Lipinski definition) is 1. The van der Waals surface area contributed by atoms with E-state index in [9.17, 15) is 14.4 Å². The highest BCUT2D eigenvalue weighted by Crippen LogP contribution is 2.37. The molecule has 0 unspecified atom stereocenters. The van der Waals surface area contributed by atoms with Gasteiger partial charge in [0.2, 0.25) is 12.7 Å². The van der Waals surface area contributed by atoms with Crippen LogP contribution in [0.4, 0.5) is 4.79 Å². The number of benzene rings is 1. The fourth-order valence-corrected chi connectivity index (χ4v) is 3.94. The van der Waals surface area contributed by atoms with Crippen molar-refractivity contribution in [2.45, 2.75) is 44.7 Å². The molecule has 0 spiro atoms. The number of carbonyl (C=O) groups excluding carboxylic acids is 3. The SMILES string of the molecule is C[C@H]1CCCCN1C(=O)CN1C(=O)N[C@](C)(c2ccc3c(c2)OCO3)C1=O. The minimum Gasteiger partial charge on any atom is -0.454 e. The molecule has 27 heavy (non-hydrogen) atoms. The summed E-state index contributed by atoms with van der Waals surface area (Å²) in [6.07, 6.45) is 2.99. The van der Waals surface area contributed by atoms with Crippen LogP contribution in [0.5, 0.6) is 11.5 Å². The first-order valence-corrected chi connectivity index (χ1v) is 9.24. The summed E-state index contributed by atoms with van der Waals surface area (Å²) in [5.41, 5.74) is -0.655. The van der Waals surface area contributed by atoms with Gasteiger partial charge in [0.05, 0.1) is 0 Å². The molecule has 1 N–H and O–H groups in total. The van der Waals surface area contributed by atoms with Crippen molar-refractivity contribution >= 4 is 17.8 Å². The third kappa shape index (κ3) is 2.89. The number of ether oxygens (including phenoxy) is 2. The zero-order valence-corrected chi connectivity index (χ0v) is 15.5. The molecular weight excluding hydrogens is 350 g/mol. The highest BCUT2D eigenvalue weighted by atomic mass is 16.7. The van der Waals surface area contributed by atoms with Gasteiger partial charge in [0.25, 0.3) is 5.91 Å². The molecule has 0 saturated carbocycles. The lowest BCUT2D eigenvalue weighted by Gasteiger charge is -2.34. The molecule has 1 aromatic rings. The molecule has 4 rings (SSSR count). The van der Waals surface area contributed by atoms with Gasteiger partial charge in [-0.2, -0.15) is 0 Å². The number of imide groups is 1. The third-order valence-electron chi connectivity index (χ3n) is 5.64. The van der Waals surface area contributed by atoms with Gasteiger partial charge in [-0.3, -0.25) is 14.5 Å². The van der Waals surface area contributed by atoms with E-state index in [4.69, 9.17) is 9.47 Å². The van der Waals surface area contributed by atoms with Gasteiger partial charge in [-0.05, 0) is 50.8 Å². The van der Waals surface area contributed by atoms with E-state index in [1.807, 2.05) is 6.92 Å². The first kappa shape index (κ1) is 17.6. The Hall–Kier alpha value is -2.77. The summed E-state index contributed by atoms with van der Waals surface area (Å²) in [4.78, 5) is 41.0. The molecule has 3 heterocycles. The zero-order valence-electron chi connectivity index (χ0n) is 15.5. The molecule has 8 nitrogen and oxygen atoms in total. The number of carbonyl (C=O) groups is 3. The smallest absolute Gasteiger partial charge is 0.325 e. The molecule has 144 valence electrons. The van der Waals surface area contributed by atoms with E-state index in [1.54, 1.807) is 30.0 Å². The van der Waals surface area contributed by atoms with Crippen molar-refractivity contribution in [1.82, 2.24) is 15.1 Å². The molecular formula is C19H23N3O5. The van der Waals surface area contributed by atoms with Crippen molar-refractivity contribution in [3.05, 3.63) is 23.8 Å². The van der Waals surface area contributed by atoms with Crippen LogP contribution in [0.2, 0.25) is 0 Å². The molecule has 3 aliphatic rings. The van der Waals surface area contributed by atoms with Crippen LogP contribution in [0.3, 0.4) is 0 Å². The maximum absolute atomic E-state index is 13.0.